The van der Waals surface area contributed by atoms with Crippen LogP contribution in [0.3, 0.4) is 0 Å². The number of benzene rings is 1. The summed E-state index contributed by atoms with van der Waals surface area (Å²) in [7, 11) is 0. The summed E-state index contributed by atoms with van der Waals surface area (Å²) in [5.41, 5.74) is 2.07. The molecule has 0 aliphatic carbocycles. The predicted molar refractivity (Wildman–Crippen MR) is 85.6 cm³/mol. The van der Waals surface area contributed by atoms with E-state index in [-0.39, 0.29) is 30.8 Å². The molecule has 0 bridgehead atoms. The zero-order valence-corrected chi connectivity index (χ0v) is 13.3. The highest BCUT2D eigenvalue weighted by atomic mass is 16.3. The minimum Gasteiger partial charge on any atom is -0.395 e. The summed E-state index contributed by atoms with van der Waals surface area (Å²) < 4.78 is 0. The number of anilines is 1. The Hall–Kier alpha value is -1.88. The van der Waals surface area contributed by atoms with E-state index in [1.807, 2.05) is 31.2 Å². The van der Waals surface area contributed by atoms with Gasteiger partial charge in [0.05, 0.1) is 12.5 Å². The molecule has 22 heavy (non-hydrogen) atoms. The molecule has 1 unspecified atom stereocenters. The number of likely N-dealkylation sites (N-methyl/N-ethyl adjacent to an activating group) is 1. The Morgan fingerprint density at radius 2 is 2.00 bits per heavy atom. The number of aliphatic hydroxyl groups is 1. The van der Waals surface area contributed by atoms with Gasteiger partial charge in [0, 0.05) is 31.7 Å². The fraction of sp³-hybridized carbons (Fsp3) is 0.529. The monoisotopic (exact) mass is 304 g/mol. The first-order valence-electron chi connectivity index (χ1n) is 7.89. The van der Waals surface area contributed by atoms with Gasteiger partial charge in [0.2, 0.25) is 11.8 Å². The molecule has 1 heterocycles. The van der Waals surface area contributed by atoms with Crippen LogP contribution in [0, 0.1) is 5.92 Å². The fourth-order valence-corrected chi connectivity index (χ4v) is 2.84. The molecular weight excluding hydrogens is 280 g/mol. The minimum atomic E-state index is -0.315. The molecule has 1 saturated heterocycles. The smallest absolute Gasteiger partial charge is 0.228 e. The topological polar surface area (TPSA) is 60.9 Å². The van der Waals surface area contributed by atoms with Crippen molar-refractivity contribution in [3.05, 3.63) is 29.8 Å². The maximum absolute atomic E-state index is 12.4. The number of hydrogen-bond donors (Lipinski definition) is 1. The van der Waals surface area contributed by atoms with Gasteiger partial charge < -0.3 is 14.9 Å². The number of carbonyl (C=O) groups is 2. The molecular formula is C17H24N2O3. The number of aliphatic hydroxyl groups excluding tert-OH is 1. The highest BCUT2D eigenvalue weighted by Crippen LogP contribution is 2.26. The second-order valence-corrected chi connectivity index (χ2v) is 5.57. The van der Waals surface area contributed by atoms with Crippen LogP contribution in [0.2, 0.25) is 0 Å². The van der Waals surface area contributed by atoms with E-state index in [1.165, 1.54) is 5.56 Å². The SMILES string of the molecule is CCc1ccc(N2CC(C(=O)N(CC)CCO)CC2=O)cc1. The molecule has 1 fully saturated rings. The summed E-state index contributed by atoms with van der Waals surface area (Å²) in [6.07, 6.45) is 1.21. The van der Waals surface area contributed by atoms with Gasteiger partial charge in [-0.3, -0.25) is 9.59 Å². The third kappa shape index (κ3) is 3.47. The molecule has 0 saturated carbocycles. The van der Waals surface area contributed by atoms with Gasteiger partial charge in [-0.25, -0.2) is 0 Å². The van der Waals surface area contributed by atoms with Gasteiger partial charge in [-0.15, -0.1) is 0 Å². The van der Waals surface area contributed by atoms with Crippen molar-refractivity contribution in [1.82, 2.24) is 4.90 Å². The number of hydrogen-bond acceptors (Lipinski definition) is 3. The molecule has 5 nitrogen and oxygen atoms in total. The van der Waals surface area contributed by atoms with Crippen LogP contribution in [0.15, 0.2) is 24.3 Å². The Bertz CT molecular complexity index is 527. The molecule has 1 aliphatic rings. The molecule has 2 amide bonds. The Kier molecular flexibility index (Phi) is 5.55. The molecule has 1 N–H and O–H groups in total. The van der Waals surface area contributed by atoms with Crippen molar-refractivity contribution in [3.63, 3.8) is 0 Å². The van der Waals surface area contributed by atoms with Crippen LogP contribution >= 0.6 is 0 Å². The van der Waals surface area contributed by atoms with Gasteiger partial charge in [0.25, 0.3) is 0 Å². The predicted octanol–water partition coefficient (Wildman–Crippen LogP) is 1.44. The van der Waals surface area contributed by atoms with Gasteiger partial charge in [0.1, 0.15) is 0 Å². The van der Waals surface area contributed by atoms with Crippen LogP contribution in [0.4, 0.5) is 5.69 Å². The van der Waals surface area contributed by atoms with Crippen LogP contribution in [-0.2, 0) is 16.0 Å². The summed E-state index contributed by atoms with van der Waals surface area (Å²) in [4.78, 5) is 27.9. The molecule has 0 spiro atoms. The van der Waals surface area contributed by atoms with Crippen molar-refractivity contribution in [3.8, 4) is 0 Å². The second kappa shape index (κ2) is 7.40. The minimum absolute atomic E-state index is 0.0114. The largest absolute Gasteiger partial charge is 0.395 e. The van der Waals surface area contributed by atoms with Crippen molar-refractivity contribution in [2.45, 2.75) is 26.7 Å². The van der Waals surface area contributed by atoms with Crippen LogP contribution in [0.25, 0.3) is 0 Å². The summed E-state index contributed by atoms with van der Waals surface area (Å²) in [5.74, 6) is -0.370. The molecule has 0 radical (unpaired) electrons. The van der Waals surface area contributed by atoms with Gasteiger partial charge in [0.15, 0.2) is 0 Å². The molecule has 120 valence electrons. The van der Waals surface area contributed by atoms with Gasteiger partial charge in [-0.05, 0) is 31.0 Å². The number of amides is 2. The summed E-state index contributed by atoms with van der Waals surface area (Å²) in [6, 6.07) is 7.91. The Morgan fingerprint density at radius 1 is 1.32 bits per heavy atom. The van der Waals surface area contributed by atoms with Crippen LogP contribution in [0.5, 0.6) is 0 Å². The average molecular weight is 304 g/mol. The molecule has 1 aromatic carbocycles. The zero-order valence-electron chi connectivity index (χ0n) is 13.3. The third-order valence-electron chi connectivity index (χ3n) is 4.19. The van der Waals surface area contributed by atoms with E-state index < -0.39 is 0 Å². The Labute approximate surface area is 131 Å². The van der Waals surface area contributed by atoms with Crippen molar-refractivity contribution in [2.75, 3.05) is 31.1 Å². The lowest BCUT2D eigenvalue weighted by Gasteiger charge is -2.23. The zero-order chi connectivity index (χ0) is 16.1. The second-order valence-electron chi connectivity index (χ2n) is 5.57. The quantitative estimate of drug-likeness (QED) is 0.865. The summed E-state index contributed by atoms with van der Waals surface area (Å²) in [6.45, 7) is 5.21. The van der Waals surface area contributed by atoms with E-state index in [0.717, 1.165) is 12.1 Å². The normalized spacial score (nSPS) is 17.9. The lowest BCUT2D eigenvalue weighted by molar-refractivity contribution is -0.136. The van der Waals surface area contributed by atoms with Crippen molar-refractivity contribution in [2.24, 2.45) is 5.92 Å². The first-order chi connectivity index (χ1) is 10.6. The average Bonchev–Trinajstić information content (AvgIpc) is 2.94. The number of rotatable bonds is 6. The molecule has 5 heteroatoms. The first-order valence-corrected chi connectivity index (χ1v) is 7.89. The van der Waals surface area contributed by atoms with Crippen LogP contribution in [-0.4, -0.2) is 48.1 Å². The van der Waals surface area contributed by atoms with E-state index in [1.54, 1.807) is 9.80 Å². The number of carbonyl (C=O) groups excluding carboxylic acids is 2. The fourth-order valence-electron chi connectivity index (χ4n) is 2.84. The molecule has 1 aliphatic heterocycles. The molecule has 1 atom stereocenters. The standard InChI is InChI=1S/C17H24N2O3/c1-3-13-5-7-15(8-6-13)19-12-14(11-16(19)21)17(22)18(4-2)9-10-20/h5-8,14,20H,3-4,9-12H2,1-2H3. The molecule has 1 aromatic rings. The first kappa shape index (κ1) is 16.5. The van der Waals surface area contributed by atoms with E-state index in [0.29, 0.717) is 19.6 Å². The maximum atomic E-state index is 12.4. The van der Waals surface area contributed by atoms with Crippen molar-refractivity contribution >= 4 is 17.5 Å². The van der Waals surface area contributed by atoms with E-state index in [2.05, 4.69) is 6.92 Å². The van der Waals surface area contributed by atoms with Crippen molar-refractivity contribution in [1.29, 1.82) is 0 Å². The van der Waals surface area contributed by atoms with E-state index >= 15 is 0 Å². The van der Waals surface area contributed by atoms with Crippen molar-refractivity contribution < 1.29 is 14.7 Å². The summed E-state index contributed by atoms with van der Waals surface area (Å²) in [5, 5.41) is 9.02. The Balaban J connectivity index is 2.07. The molecule has 0 aromatic heterocycles. The number of aryl methyl sites for hydroxylation is 1. The third-order valence-corrected chi connectivity index (χ3v) is 4.19. The maximum Gasteiger partial charge on any atom is 0.228 e. The lowest BCUT2D eigenvalue weighted by Crippen LogP contribution is -2.39. The van der Waals surface area contributed by atoms with Gasteiger partial charge >= 0.3 is 0 Å². The van der Waals surface area contributed by atoms with Crippen LogP contribution < -0.4 is 4.90 Å². The highest BCUT2D eigenvalue weighted by Gasteiger charge is 2.36. The lowest BCUT2D eigenvalue weighted by atomic mass is 10.1. The number of nitrogens with zero attached hydrogens (tertiary/aromatic N) is 2. The van der Waals surface area contributed by atoms with Gasteiger partial charge in [-0.1, -0.05) is 19.1 Å². The molecule has 2 rings (SSSR count). The van der Waals surface area contributed by atoms with E-state index in [4.69, 9.17) is 5.11 Å². The van der Waals surface area contributed by atoms with Crippen LogP contribution in [0.1, 0.15) is 25.8 Å². The van der Waals surface area contributed by atoms with E-state index in [9.17, 15) is 9.59 Å². The highest BCUT2D eigenvalue weighted by molar-refractivity contribution is 6.00. The Morgan fingerprint density at radius 3 is 2.55 bits per heavy atom. The van der Waals surface area contributed by atoms with Gasteiger partial charge in [-0.2, -0.15) is 0 Å². The summed E-state index contributed by atoms with van der Waals surface area (Å²) >= 11 is 0.